The molecule has 0 atom stereocenters. The summed E-state index contributed by atoms with van der Waals surface area (Å²) in [5, 5.41) is 3.54. The van der Waals surface area contributed by atoms with Crippen molar-refractivity contribution in [2.45, 2.75) is 0 Å². The Hall–Kier alpha value is -3.77. The third kappa shape index (κ3) is 3.38. The van der Waals surface area contributed by atoms with Crippen molar-refractivity contribution in [2.75, 3.05) is 7.05 Å². The Morgan fingerprint density at radius 2 is 1.67 bits per heavy atom. The summed E-state index contributed by atoms with van der Waals surface area (Å²) < 4.78 is 1.13. The lowest BCUT2D eigenvalue weighted by Gasteiger charge is -2.03. The van der Waals surface area contributed by atoms with Gasteiger partial charge in [0.2, 0.25) is 0 Å². The molecular formula is C24H18N4OS. The Morgan fingerprint density at radius 3 is 2.40 bits per heavy atom. The van der Waals surface area contributed by atoms with Crippen molar-refractivity contribution in [3.8, 4) is 0 Å². The Bertz CT molecular complexity index is 1250. The molecule has 0 bridgehead atoms. The molecule has 3 aromatic carbocycles. The van der Waals surface area contributed by atoms with Gasteiger partial charge in [-0.2, -0.15) is 0 Å². The largest absolute Gasteiger partial charge is 0.355 e. The number of hydrogen-bond donors (Lipinski definition) is 2. The minimum absolute atomic E-state index is 0.103. The highest BCUT2D eigenvalue weighted by Crippen LogP contribution is 2.32. The van der Waals surface area contributed by atoms with Crippen molar-refractivity contribution < 1.29 is 4.79 Å². The first kappa shape index (κ1) is 18.3. The van der Waals surface area contributed by atoms with Crippen LogP contribution in [0.25, 0.3) is 32.9 Å². The van der Waals surface area contributed by atoms with Crippen LogP contribution in [-0.4, -0.2) is 27.9 Å². The predicted molar refractivity (Wildman–Crippen MR) is 123 cm³/mol. The van der Waals surface area contributed by atoms with E-state index in [4.69, 9.17) is 9.97 Å². The van der Waals surface area contributed by atoms with Crippen LogP contribution in [0.3, 0.4) is 0 Å². The van der Waals surface area contributed by atoms with Crippen molar-refractivity contribution >= 4 is 50.1 Å². The summed E-state index contributed by atoms with van der Waals surface area (Å²) in [7, 11) is 1.63. The fourth-order valence-electron chi connectivity index (χ4n) is 3.34. The van der Waals surface area contributed by atoms with E-state index in [1.807, 2.05) is 66.7 Å². The lowest BCUT2D eigenvalue weighted by atomic mass is 10.1. The van der Waals surface area contributed by atoms with Gasteiger partial charge in [-0.25, -0.2) is 9.97 Å². The number of nitrogens with zero attached hydrogens (tertiary/aromatic N) is 2. The zero-order chi connectivity index (χ0) is 20.5. The standard InChI is InChI=1S/C24H18N4OS/c1-25-23(29)16-12-10-15(11-13-16)14-17(22-26-18-6-2-3-7-19(18)27-22)24-28-20-8-4-5-9-21(20)30-24/h2-14H,1H3,(H,25,29)(H,26,27)/b17-14-. The Labute approximate surface area is 177 Å². The molecule has 0 fully saturated rings. The Morgan fingerprint density at radius 1 is 0.933 bits per heavy atom. The van der Waals surface area contributed by atoms with Gasteiger partial charge >= 0.3 is 0 Å². The normalized spacial score (nSPS) is 11.8. The number of H-pyrrole nitrogens is 1. The molecular weight excluding hydrogens is 392 g/mol. The fraction of sp³-hybridized carbons (Fsp3) is 0.0417. The summed E-state index contributed by atoms with van der Waals surface area (Å²) in [4.78, 5) is 24.9. The Balaban J connectivity index is 1.65. The van der Waals surface area contributed by atoms with Crippen LogP contribution in [-0.2, 0) is 0 Å². The molecule has 0 radical (unpaired) electrons. The molecule has 5 aromatic rings. The van der Waals surface area contributed by atoms with Crippen molar-refractivity contribution in [3.63, 3.8) is 0 Å². The average molecular weight is 411 g/mol. The van der Waals surface area contributed by atoms with Gasteiger partial charge in [-0.3, -0.25) is 4.79 Å². The molecule has 2 N–H and O–H groups in total. The van der Waals surface area contributed by atoms with Crippen molar-refractivity contribution in [3.05, 3.63) is 94.8 Å². The molecule has 0 saturated heterocycles. The van der Waals surface area contributed by atoms with Crippen LogP contribution in [0.4, 0.5) is 0 Å². The maximum atomic E-state index is 11.8. The summed E-state index contributed by atoms with van der Waals surface area (Å²) in [6, 6.07) is 23.6. The molecule has 0 unspecified atom stereocenters. The molecule has 2 aromatic heterocycles. The van der Waals surface area contributed by atoms with E-state index >= 15 is 0 Å². The van der Waals surface area contributed by atoms with E-state index in [-0.39, 0.29) is 5.91 Å². The number of aromatic nitrogens is 3. The van der Waals surface area contributed by atoms with Crippen molar-refractivity contribution in [1.29, 1.82) is 0 Å². The molecule has 30 heavy (non-hydrogen) atoms. The van der Waals surface area contributed by atoms with Crippen LogP contribution >= 0.6 is 11.3 Å². The van der Waals surface area contributed by atoms with Crippen LogP contribution in [0.1, 0.15) is 26.8 Å². The number of fused-ring (bicyclic) bond motifs is 2. The number of para-hydroxylation sites is 3. The van der Waals surface area contributed by atoms with Gasteiger partial charge in [-0.05, 0) is 48.0 Å². The molecule has 0 aliphatic heterocycles. The first-order valence-electron chi connectivity index (χ1n) is 9.56. The monoisotopic (exact) mass is 410 g/mol. The van der Waals surface area contributed by atoms with E-state index in [2.05, 4.69) is 22.4 Å². The summed E-state index contributed by atoms with van der Waals surface area (Å²) in [5.74, 6) is 0.667. The number of carbonyl (C=O) groups excluding carboxylic acids is 1. The number of imidazole rings is 1. The molecule has 0 saturated carbocycles. The van der Waals surface area contributed by atoms with Crippen LogP contribution in [0.5, 0.6) is 0 Å². The highest BCUT2D eigenvalue weighted by Gasteiger charge is 2.15. The van der Waals surface area contributed by atoms with Gasteiger partial charge < -0.3 is 10.3 Å². The lowest BCUT2D eigenvalue weighted by Crippen LogP contribution is -2.17. The molecule has 5 nitrogen and oxygen atoms in total. The highest BCUT2D eigenvalue weighted by atomic mass is 32.1. The van der Waals surface area contributed by atoms with Gasteiger partial charge in [0.25, 0.3) is 5.91 Å². The summed E-state index contributed by atoms with van der Waals surface area (Å²) in [6.07, 6.45) is 2.06. The predicted octanol–water partition coefficient (Wildman–Crippen LogP) is 5.12. The van der Waals surface area contributed by atoms with E-state index in [9.17, 15) is 4.79 Å². The van der Waals surface area contributed by atoms with E-state index in [0.717, 1.165) is 43.2 Å². The van der Waals surface area contributed by atoms with Gasteiger partial charge in [0, 0.05) is 12.6 Å². The van der Waals surface area contributed by atoms with Crippen LogP contribution < -0.4 is 5.32 Å². The van der Waals surface area contributed by atoms with Crippen molar-refractivity contribution in [1.82, 2.24) is 20.3 Å². The van der Waals surface area contributed by atoms with Crippen LogP contribution in [0.15, 0.2) is 72.8 Å². The molecule has 146 valence electrons. The van der Waals surface area contributed by atoms with Gasteiger partial charge in [0.1, 0.15) is 10.8 Å². The second-order valence-corrected chi connectivity index (χ2v) is 7.88. The van der Waals surface area contributed by atoms with Gasteiger partial charge in [0.05, 0.1) is 26.8 Å². The number of hydrogen-bond acceptors (Lipinski definition) is 4. The summed E-state index contributed by atoms with van der Waals surface area (Å²) in [6.45, 7) is 0. The first-order chi connectivity index (χ1) is 14.7. The molecule has 0 aliphatic carbocycles. The number of rotatable bonds is 4. The Kier molecular flexibility index (Phi) is 4.61. The van der Waals surface area contributed by atoms with Gasteiger partial charge in [-0.15, -0.1) is 11.3 Å². The zero-order valence-corrected chi connectivity index (χ0v) is 17.0. The van der Waals surface area contributed by atoms with Crippen LogP contribution in [0.2, 0.25) is 0 Å². The van der Waals surface area contributed by atoms with E-state index in [1.165, 1.54) is 0 Å². The summed E-state index contributed by atoms with van der Waals surface area (Å²) in [5.41, 5.74) is 5.37. The zero-order valence-electron chi connectivity index (χ0n) is 16.2. The quantitative estimate of drug-likeness (QED) is 0.432. The maximum absolute atomic E-state index is 11.8. The summed E-state index contributed by atoms with van der Waals surface area (Å²) >= 11 is 1.64. The third-order valence-corrected chi connectivity index (χ3v) is 5.95. The minimum Gasteiger partial charge on any atom is -0.355 e. The topological polar surface area (TPSA) is 70.7 Å². The molecule has 0 spiro atoms. The number of thiazole rings is 1. The number of benzene rings is 3. The first-order valence-corrected chi connectivity index (χ1v) is 10.4. The number of aromatic amines is 1. The number of carbonyl (C=O) groups is 1. The smallest absolute Gasteiger partial charge is 0.251 e. The van der Waals surface area contributed by atoms with Crippen LogP contribution in [0, 0.1) is 0 Å². The SMILES string of the molecule is CNC(=O)c1ccc(/C=C(/c2nc3ccccc3[nH]2)c2nc3ccccc3s2)cc1. The van der Waals surface area contributed by atoms with Gasteiger partial charge in [-0.1, -0.05) is 36.4 Å². The number of nitrogens with one attached hydrogen (secondary N) is 2. The van der Waals surface area contributed by atoms with Gasteiger partial charge in [0.15, 0.2) is 0 Å². The molecule has 2 heterocycles. The molecule has 1 amide bonds. The van der Waals surface area contributed by atoms with Crippen molar-refractivity contribution in [2.24, 2.45) is 0 Å². The minimum atomic E-state index is -0.103. The maximum Gasteiger partial charge on any atom is 0.251 e. The fourth-order valence-corrected chi connectivity index (χ4v) is 4.32. The van der Waals surface area contributed by atoms with E-state index < -0.39 is 0 Å². The number of amides is 1. The van der Waals surface area contributed by atoms with E-state index in [1.54, 1.807) is 18.4 Å². The molecule has 5 rings (SSSR count). The molecule has 0 aliphatic rings. The van der Waals surface area contributed by atoms with E-state index in [0.29, 0.717) is 5.56 Å². The lowest BCUT2D eigenvalue weighted by molar-refractivity contribution is 0.0963. The highest BCUT2D eigenvalue weighted by molar-refractivity contribution is 7.19. The third-order valence-electron chi connectivity index (χ3n) is 4.88. The second kappa shape index (κ2) is 7.57. The average Bonchev–Trinajstić information content (AvgIpc) is 3.41. The second-order valence-electron chi connectivity index (χ2n) is 6.85. The molecule has 6 heteroatoms.